The van der Waals surface area contributed by atoms with Crippen molar-refractivity contribution in [3.05, 3.63) is 102 Å². The molecule has 0 heterocycles. The third-order valence-electron chi connectivity index (χ3n) is 4.41. The zero-order valence-corrected chi connectivity index (χ0v) is 16.6. The highest BCUT2D eigenvalue weighted by atomic mass is 16.5. The molecule has 0 spiro atoms. The van der Waals surface area contributed by atoms with Crippen LogP contribution in [-0.2, 0) is 16.1 Å². The molecule has 0 N–H and O–H groups in total. The van der Waals surface area contributed by atoms with Crippen molar-refractivity contribution < 1.29 is 19.0 Å². The fourth-order valence-electron chi connectivity index (χ4n) is 3.00. The summed E-state index contributed by atoms with van der Waals surface area (Å²) >= 11 is 0. The zero-order chi connectivity index (χ0) is 20.6. The van der Waals surface area contributed by atoms with Crippen molar-refractivity contribution in [2.45, 2.75) is 19.4 Å². The normalized spacial score (nSPS) is 11.4. The third-order valence-corrected chi connectivity index (χ3v) is 4.41. The molecular formula is C25H24O4. The molecule has 0 saturated carbocycles. The van der Waals surface area contributed by atoms with E-state index in [0.717, 1.165) is 16.9 Å². The number of para-hydroxylation sites is 1. The summed E-state index contributed by atoms with van der Waals surface area (Å²) in [5.41, 5.74) is 2.35. The van der Waals surface area contributed by atoms with Gasteiger partial charge in [0.15, 0.2) is 0 Å². The van der Waals surface area contributed by atoms with Gasteiger partial charge in [0, 0.05) is 0 Å². The summed E-state index contributed by atoms with van der Waals surface area (Å²) in [5, 5.41) is 0. The first-order valence-electron chi connectivity index (χ1n) is 9.34. The van der Waals surface area contributed by atoms with Crippen LogP contribution in [0.5, 0.6) is 17.2 Å². The van der Waals surface area contributed by atoms with Gasteiger partial charge in [-0.05, 0) is 54.4 Å². The van der Waals surface area contributed by atoms with Crippen LogP contribution in [0.3, 0.4) is 0 Å². The van der Waals surface area contributed by atoms with Gasteiger partial charge in [-0.3, -0.25) is 4.79 Å². The highest BCUT2D eigenvalue weighted by Crippen LogP contribution is 2.28. The van der Waals surface area contributed by atoms with Crippen molar-refractivity contribution in [3.8, 4) is 17.2 Å². The summed E-state index contributed by atoms with van der Waals surface area (Å²) < 4.78 is 16.7. The van der Waals surface area contributed by atoms with Gasteiger partial charge < -0.3 is 14.2 Å². The maximum Gasteiger partial charge on any atom is 0.317 e. The van der Waals surface area contributed by atoms with Crippen LogP contribution >= 0.6 is 0 Å². The molecular weight excluding hydrogens is 364 g/mol. The lowest BCUT2D eigenvalue weighted by atomic mass is 9.93. The van der Waals surface area contributed by atoms with Gasteiger partial charge in [-0.2, -0.15) is 0 Å². The van der Waals surface area contributed by atoms with E-state index in [1.54, 1.807) is 7.11 Å². The van der Waals surface area contributed by atoms with Crippen molar-refractivity contribution >= 4 is 5.97 Å². The number of methoxy groups -OCH3 is 1. The molecule has 0 radical (unpaired) electrons. The van der Waals surface area contributed by atoms with Crippen LogP contribution < -0.4 is 9.47 Å². The second kappa shape index (κ2) is 9.60. The number of hydrogen-bond donors (Lipinski definition) is 0. The third kappa shape index (κ3) is 5.48. The quantitative estimate of drug-likeness (QED) is 0.356. The second-order valence-electron chi connectivity index (χ2n) is 6.73. The van der Waals surface area contributed by atoms with Gasteiger partial charge in [-0.15, -0.1) is 0 Å². The first-order valence-corrected chi connectivity index (χ1v) is 9.34. The van der Waals surface area contributed by atoms with Gasteiger partial charge in [-0.1, -0.05) is 54.6 Å². The molecule has 0 fully saturated rings. The van der Waals surface area contributed by atoms with Crippen molar-refractivity contribution in [1.29, 1.82) is 0 Å². The Morgan fingerprint density at radius 3 is 2.31 bits per heavy atom. The average molecular weight is 388 g/mol. The van der Waals surface area contributed by atoms with Crippen molar-refractivity contribution in [2.75, 3.05) is 7.11 Å². The van der Waals surface area contributed by atoms with Crippen molar-refractivity contribution in [3.63, 3.8) is 0 Å². The lowest BCUT2D eigenvalue weighted by Crippen LogP contribution is -2.17. The van der Waals surface area contributed by atoms with E-state index in [2.05, 4.69) is 6.58 Å². The summed E-state index contributed by atoms with van der Waals surface area (Å²) in [6.07, 6.45) is 0. The topological polar surface area (TPSA) is 44.8 Å². The number of rotatable bonds is 8. The summed E-state index contributed by atoms with van der Waals surface area (Å²) in [7, 11) is 1.59. The molecule has 0 aromatic heterocycles. The van der Waals surface area contributed by atoms with E-state index in [4.69, 9.17) is 14.2 Å². The molecule has 1 unspecified atom stereocenters. The van der Waals surface area contributed by atoms with Crippen LogP contribution in [0.1, 0.15) is 24.0 Å². The summed E-state index contributed by atoms with van der Waals surface area (Å²) in [4.78, 5) is 12.8. The van der Waals surface area contributed by atoms with Gasteiger partial charge >= 0.3 is 5.97 Å². The maximum atomic E-state index is 12.8. The Balaban J connectivity index is 1.68. The molecule has 3 aromatic rings. The Kier molecular flexibility index (Phi) is 6.69. The minimum atomic E-state index is -0.547. The molecule has 0 aliphatic carbocycles. The number of hydrogen-bond acceptors (Lipinski definition) is 4. The fourth-order valence-corrected chi connectivity index (χ4v) is 3.00. The van der Waals surface area contributed by atoms with Gasteiger partial charge in [0.05, 0.1) is 7.11 Å². The molecule has 4 heteroatoms. The highest BCUT2D eigenvalue weighted by Gasteiger charge is 2.23. The molecule has 0 aliphatic rings. The maximum absolute atomic E-state index is 12.8. The van der Waals surface area contributed by atoms with E-state index in [0.29, 0.717) is 17.1 Å². The van der Waals surface area contributed by atoms with Crippen molar-refractivity contribution in [2.24, 2.45) is 0 Å². The smallest absolute Gasteiger partial charge is 0.317 e. The monoisotopic (exact) mass is 388 g/mol. The second-order valence-corrected chi connectivity index (χ2v) is 6.73. The lowest BCUT2D eigenvalue weighted by molar-refractivity contribution is -0.145. The van der Waals surface area contributed by atoms with E-state index in [9.17, 15) is 4.79 Å². The lowest BCUT2D eigenvalue weighted by Gasteiger charge is -2.17. The molecule has 3 rings (SSSR count). The average Bonchev–Trinajstić information content (AvgIpc) is 2.73. The van der Waals surface area contributed by atoms with Crippen LogP contribution in [0, 0.1) is 0 Å². The van der Waals surface area contributed by atoms with E-state index in [1.165, 1.54) is 0 Å². The zero-order valence-electron chi connectivity index (χ0n) is 16.6. The van der Waals surface area contributed by atoms with Crippen molar-refractivity contribution in [1.82, 2.24) is 0 Å². The van der Waals surface area contributed by atoms with Gasteiger partial charge in [-0.25, -0.2) is 0 Å². The van der Waals surface area contributed by atoms with Crippen LogP contribution in [0.4, 0.5) is 0 Å². The molecule has 4 nitrogen and oxygen atoms in total. The molecule has 0 saturated heterocycles. The summed E-state index contributed by atoms with van der Waals surface area (Å²) in [5.74, 6) is 1.23. The highest BCUT2D eigenvalue weighted by molar-refractivity contribution is 5.81. The van der Waals surface area contributed by atoms with Crippen LogP contribution in [0.25, 0.3) is 0 Å². The Morgan fingerprint density at radius 1 is 0.897 bits per heavy atom. The van der Waals surface area contributed by atoms with Crippen LogP contribution in [0.2, 0.25) is 0 Å². The van der Waals surface area contributed by atoms with E-state index in [-0.39, 0.29) is 12.6 Å². The predicted molar refractivity (Wildman–Crippen MR) is 113 cm³/mol. The fraction of sp³-hybridized carbons (Fsp3) is 0.160. The Hall–Kier alpha value is -3.53. The minimum absolute atomic E-state index is 0.151. The number of benzene rings is 3. The van der Waals surface area contributed by atoms with E-state index < -0.39 is 5.92 Å². The SMILES string of the molecule is C=C(C)C(C(=O)OCc1cccc(Oc2ccccc2)c1)c1cccc(OC)c1. The summed E-state index contributed by atoms with van der Waals surface area (Å²) in [6.45, 7) is 5.93. The minimum Gasteiger partial charge on any atom is -0.497 e. The number of ether oxygens (including phenoxy) is 3. The molecule has 3 aromatic carbocycles. The molecule has 1 atom stereocenters. The molecule has 0 aliphatic heterocycles. The number of esters is 1. The molecule has 148 valence electrons. The van der Waals surface area contributed by atoms with Gasteiger partial charge in [0.2, 0.25) is 0 Å². The van der Waals surface area contributed by atoms with Gasteiger partial charge in [0.25, 0.3) is 0 Å². The number of carbonyl (C=O) groups excluding carboxylic acids is 1. The first-order chi connectivity index (χ1) is 14.1. The molecule has 29 heavy (non-hydrogen) atoms. The first kappa shape index (κ1) is 20.2. The van der Waals surface area contributed by atoms with Gasteiger partial charge in [0.1, 0.15) is 29.8 Å². The Labute approximate surface area is 171 Å². The largest absolute Gasteiger partial charge is 0.497 e. The van der Waals surface area contributed by atoms with E-state index in [1.807, 2.05) is 85.8 Å². The number of carbonyl (C=O) groups is 1. The van der Waals surface area contributed by atoms with Crippen LogP contribution in [0.15, 0.2) is 91.0 Å². The molecule has 0 amide bonds. The summed E-state index contributed by atoms with van der Waals surface area (Å²) in [6, 6.07) is 24.4. The Morgan fingerprint density at radius 2 is 1.59 bits per heavy atom. The Bertz CT molecular complexity index is 979. The van der Waals surface area contributed by atoms with Crippen LogP contribution in [-0.4, -0.2) is 13.1 Å². The molecule has 0 bridgehead atoms. The standard InChI is InChI=1S/C25H24O4/c1-18(2)24(20-10-8-13-22(16-20)27-3)25(26)28-17-19-9-7-14-23(15-19)29-21-11-5-4-6-12-21/h4-16,24H,1,17H2,2-3H3. The van der Waals surface area contributed by atoms with E-state index >= 15 is 0 Å². The predicted octanol–water partition coefficient (Wildman–Crippen LogP) is 5.89.